The van der Waals surface area contributed by atoms with E-state index in [0.29, 0.717) is 48.5 Å². The number of quaternary nitrogens is 1. The Morgan fingerprint density at radius 2 is 1.36 bits per heavy atom. The molecule has 0 aliphatic rings. The minimum Gasteiger partial charge on any atom is -0.494 e. The second-order valence-corrected chi connectivity index (χ2v) is 12.7. The largest absolute Gasteiger partial charge is 0.494 e. The number of likely N-dealkylation sites (N-methyl/N-ethyl adjacent to an activating group) is 1. The number of allylic oxidation sites excluding steroid dienone is 4. The normalized spacial score (nSPS) is 12.3. The monoisotopic (exact) mass is 655 g/mol. The van der Waals surface area contributed by atoms with E-state index in [1.165, 1.54) is 11.8 Å². The molecule has 250 valence electrons. The summed E-state index contributed by atoms with van der Waals surface area (Å²) in [6.07, 6.45) is 12.4. The number of ether oxygens (including phenoxy) is 2. The summed E-state index contributed by atoms with van der Waals surface area (Å²) in [5.41, 5.74) is 3.33. The number of carbonyl (C=O) groups excluding carboxylic acids is 2. The summed E-state index contributed by atoms with van der Waals surface area (Å²) in [4.78, 5) is 25.2. The predicted molar refractivity (Wildman–Crippen MR) is 196 cm³/mol. The highest BCUT2D eigenvalue weighted by Crippen LogP contribution is 2.19. The summed E-state index contributed by atoms with van der Waals surface area (Å²) in [5.74, 6) is 1.71. The molecular formula is C40H51N2O4S+. The van der Waals surface area contributed by atoms with Gasteiger partial charge in [-0.05, 0) is 66.7 Å². The molecule has 0 aromatic heterocycles. The van der Waals surface area contributed by atoms with Crippen molar-refractivity contribution in [2.24, 2.45) is 0 Å². The average Bonchev–Trinajstić information content (AvgIpc) is 3.08. The van der Waals surface area contributed by atoms with Crippen LogP contribution in [0.4, 0.5) is 0 Å². The van der Waals surface area contributed by atoms with E-state index < -0.39 is 0 Å². The molecule has 1 amide bonds. The highest BCUT2D eigenvalue weighted by molar-refractivity contribution is 7.83. The Kier molecular flexibility index (Phi) is 16.7. The van der Waals surface area contributed by atoms with Gasteiger partial charge in [0.05, 0.1) is 27.2 Å². The summed E-state index contributed by atoms with van der Waals surface area (Å²) in [6, 6.07) is 27.1. The van der Waals surface area contributed by atoms with E-state index in [4.69, 9.17) is 9.47 Å². The molecule has 0 saturated heterocycles. The van der Waals surface area contributed by atoms with Gasteiger partial charge in [-0.2, -0.15) is 12.6 Å². The van der Waals surface area contributed by atoms with Gasteiger partial charge in [0, 0.05) is 17.7 Å². The van der Waals surface area contributed by atoms with Crippen LogP contribution in [-0.4, -0.2) is 56.5 Å². The van der Waals surface area contributed by atoms with Crippen LogP contribution in [0.2, 0.25) is 0 Å². The molecule has 3 aromatic rings. The Labute approximate surface area is 287 Å². The first-order chi connectivity index (χ1) is 22.8. The summed E-state index contributed by atoms with van der Waals surface area (Å²) < 4.78 is 12.3. The average molecular weight is 656 g/mol. The zero-order chi connectivity index (χ0) is 33.7. The number of nitrogens with one attached hydrogen (secondary N) is 1. The maximum absolute atomic E-state index is 12.7. The Morgan fingerprint density at radius 1 is 0.766 bits per heavy atom. The lowest BCUT2D eigenvalue weighted by Gasteiger charge is -2.27. The van der Waals surface area contributed by atoms with Crippen LogP contribution in [0.25, 0.3) is 0 Å². The third-order valence-electron chi connectivity index (χ3n) is 7.68. The van der Waals surface area contributed by atoms with Crippen molar-refractivity contribution in [3.05, 3.63) is 131 Å². The minimum atomic E-state index is -0.0635. The lowest BCUT2D eigenvalue weighted by molar-refractivity contribution is -0.876. The number of unbranched alkanes of at least 4 members (excludes halogenated alkanes) is 5. The molecule has 7 heteroatoms. The molecule has 6 nitrogen and oxygen atoms in total. The van der Waals surface area contributed by atoms with Gasteiger partial charge >= 0.3 is 0 Å². The SMILES string of the molecule is CC(/C=C\C(=C/S)C(=O)c1ccccc1)=C\C[N+](C)(C)CC(=O)NCCCCCCCCOc1ccc(OCc2ccccc2)cc1. The fourth-order valence-electron chi connectivity index (χ4n) is 4.85. The lowest BCUT2D eigenvalue weighted by atomic mass is 10.0. The number of thiol groups is 1. The van der Waals surface area contributed by atoms with Crippen molar-refractivity contribution in [2.45, 2.75) is 52.1 Å². The Balaban J connectivity index is 1.20. The van der Waals surface area contributed by atoms with Crippen LogP contribution in [0.15, 0.2) is 120 Å². The van der Waals surface area contributed by atoms with E-state index >= 15 is 0 Å². The number of ketones is 1. The quantitative estimate of drug-likeness (QED) is 0.0302. The first kappa shape index (κ1) is 37.4. The maximum atomic E-state index is 12.7. The van der Waals surface area contributed by atoms with Crippen LogP contribution in [0.3, 0.4) is 0 Å². The van der Waals surface area contributed by atoms with Crippen LogP contribution in [-0.2, 0) is 11.4 Å². The molecule has 0 spiro atoms. The molecule has 0 bridgehead atoms. The van der Waals surface area contributed by atoms with Crippen molar-refractivity contribution in [2.75, 3.05) is 40.3 Å². The lowest BCUT2D eigenvalue weighted by Crippen LogP contribution is -2.47. The molecule has 0 aliphatic carbocycles. The van der Waals surface area contributed by atoms with E-state index in [1.807, 2.05) is 87.8 Å². The maximum Gasteiger partial charge on any atom is 0.275 e. The van der Waals surface area contributed by atoms with Crippen molar-refractivity contribution in [1.29, 1.82) is 0 Å². The minimum absolute atomic E-state index is 0.0635. The van der Waals surface area contributed by atoms with Gasteiger partial charge in [-0.3, -0.25) is 9.59 Å². The van der Waals surface area contributed by atoms with Crippen molar-refractivity contribution in [3.63, 3.8) is 0 Å². The summed E-state index contributed by atoms with van der Waals surface area (Å²) in [5, 5.41) is 4.61. The third kappa shape index (κ3) is 15.4. The zero-order valence-corrected chi connectivity index (χ0v) is 29.1. The molecule has 0 heterocycles. The summed E-state index contributed by atoms with van der Waals surface area (Å²) in [6.45, 7) is 5.08. The Morgan fingerprint density at radius 3 is 2.02 bits per heavy atom. The van der Waals surface area contributed by atoms with E-state index in [2.05, 4.69) is 36.2 Å². The number of rotatable bonds is 21. The van der Waals surface area contributed by atoms with Crippen molar-refractivity contribution in [3.8, 4) is 11.5 Å². The molecule has 3 aromatic carbocycles. The number of hydrogen-bond donors (Lipinski definition) is 2. The van der Waals surface area contributed by atoms with Gasteiger partial charge in [-0.25, -0.2) is 0 Å². The van der Waals surface area contributed by atoms with Crippen LogP contribution < -0.4 is 14.8 Å². The van der Waals surface area contributed by atoms with Crippen molar-refractivity contribution >= 4 is 24.3 Å². The van der Waals surface area contributed by atoms with Gasteiger partial charge in [-0.1, -0.05) is 98.5 Å². The van der Waals surface area contributed by atoms with Gasteiger partial charge < -0.3 is 19.3 Å². The molecule has 0 aliphatic heterocycles. The van der Waals surface area contributed by atoms with Gasteiger partial charge in [0.1, 0.15) is 18.1 Å². The smallest absolute Gasteiger partial charge is 0.275 e. The molecule has 0 unspecified atom stereocenters. The van der Waals surface area contributed by atoms with Crippen molar-refractivity contribution < 1.29 is 23.5 Å². The van der Waals surface area contributed by atoms with Crippen LogP contribution in [0.1, 0.15) is 61.4 Å². The number of nitrogens with zero attached hydrogens (tertiary/aromatic N) is 1. The van der Waals surface area contributed by atoms with E-state index in [0.717, 1.165) is 54.7 Å². The molecule has 1 N–H and O–H groups in total. The van der Waals surface area contributed by atoms with Gasteiger partial charge in [-0.15, -0.1) is 0 Å². The van der Waals surface area contributed by atoms with Gasteiger partial charge in [0.25, 0.3) is 5.91 Å². The highest BCUT2D eigenvalue weighted by atomic mass is 32.1. The zero-order valence-electron chi connectivity index (χ0n) is 28.2. The number of Topliss-reactive ketones (excluding diaryl/α,β-unsaturated/α-hetero) is 1. The second kappa shape index (κ2) is 20.9. The van der Waals surface area contributed by atoms with E-state index in [9.17, 15) is 9.59 Å². The van der Waals surface area contributed by atoms with Crippen LogP contribution in [0.5, 0.6) is 11.5 Å². The standard InChI is InChI=1S/C40H50N2O4S/c1-33(20-21-36(32-47)40(44)35-18-12-9-13-19-35)26-28-42(2,3)30-39(43)41-27-14-6-4-5-7-15-29-45-37-22-24-38(25-23-37)46-31-34-16-10-8-11-17-34/h8-13,16-26,32H,4-7,14-15,27-31H2,1-3H3,(H-,41,43,44,47)/p+1/b21-20-,33-26+. The first-order valence-electron chi connectivity index (χ1n) is 16.5. The Hall–Kier alpha value is -4.07. The van der Waals surface area contributed by atoms with E-state index in [-0.39, 0.29) is 11.7 Å². The summed E-state index contributed by atoms with van der Waals surface area (Å²) in [7, 11) is 4.09. The second-order valence-electron chi connectivity index (χ2n) is 12.4. The number of hydrogen-bond acceptors (Lipinski definition) is 5. The third-order valence-corrected chi connectivity index (χ3v) is 7.95. The molecule has 0 fully saturated rings. The fraction of sp³-hybridized carbons (Fsp3) is 0.350. The summed E-state index contributed by atoms with van der Waals surface area (Å²) >= 11 is 4.22. The molecule has 0 radical (unpaired) electrons. The first-order valence-corrected chi connectivity index (χ1v) is 17.0. The Bertz CT molecular complexity index is 1450. The van der Waals surface area contributed by atoms with Crippen molar-refractivity contribution in [1.82, 2.24) is 5.32 Å². The fourth-order valence-corrected chi connectivity index (χ4v) is 5.05. The van der Waals surface area contributed by atoms with Crippen LogP contribution >= 0.6 is 12.6 Å². The highest BCUT2D eigenvalue weighted by Gasteiger charge is 2.18. The number of benzene rings is 3. The number of amides is 1. The van der Waals surface area contributed by atoms with Crippen LogP contribution in [0, 0.1) is 0 Å². The molecule has 47 heavy (non-hydrogen) atoms. The predicted octanol–water partition coefficient (Wildman–Crippen LogP) is 8.38. The van der Waals surface area contributed by atoms with E-state index in [1.54, 1.807) is 18.2 Å². The molecule has 3 rings (SSSR count). The number of carbonyl (C=O) groups is 2. The molecule has 0 saturated carbocycles. The topological polar surface area (TPSA) is 64.6 Å². The van der Waals surface area contributed by atoms with Gasteiger partial charge in [0.2, 0.25) is 0 Å². The molecule has 0 atom stereocenters. The van der Waals surface area contributed by atoms with Gasteiger partial charge in [0.15, 0.2) is 12.3 Å². The molecular weight excluding hydrogens is 605 g/mol.